The fourth-order valence-corrected chi connectivity index (χ4v) is 4.15. The molecule has 1 aliphatic heterocycles. The first kappa shape index (κ1) is 17.5. The van der Waals surface area contributed by atoms with Crippen LogP contribution in [0, 0.1) is 12.8 Å². The molecule has 3 heterocycles. The SMILES string of the molecule is COc1ccccc1[C@H]1CN(Cc2nc(C)n3ccccc23)C[C@@H]1C(=O)O. The summed E-state index contributed by atoms with van der Waals surface area (Å²) in [5.41, 5.74) is 3.02. The number of hydrogen-bond acceptors (Lipinski definition) is 4. The quantitative estimate of drug-likeness (QED) is 0.753. The van der Waals surface area contributed by atoms with Crippen LogP contribution in [0.2, 0.25) is 0 Å². The van der Waals surface area contributed by atoms with Crippen LogP contribution in [0.1, 0.15) is 23.0 Å². The lowest BCUT2D eigenvalue weighted by molar-refractivity contribution is -0.141. The first-order valence-corrected chi connectivity index (χ1v) is 9.09. The number of para-hydroxylation sites is 1. The van der Waals surface area contributed by atoms with Crippen LogP contribution in [0.3, 0.4) is 0 Å². The van der Waals surface area contributed by atoms with Crippen molar-refractivity contribution in [3.63, 3.8) is 0 Å². The Hall–Kier alpha value is -2.86. The number of carbonyl (C=O) groups is 1. The largest absolute Gasteiger partial charge is 0.496 e. The van der Waals surface area contributed by atoms with Crippen molar-refractivity contribution >= 4 is 11.5 Å². The number of aliphatic carboxylic acids is 1. The van der Waals surface area contributed by atoms with Gasteiger partial charge in [0.1, 0.15) is 11.6 Å². The van der Waals surface area contributed by atoms with Crippen LogP contribution in [-0.4, -0.2) is 45.6 Å². The van der Waals surface area contributed by atoms with E-state index in [2.05, 4.69) is 15.4 Å². The molecule has 0 unspecified atom stereocenters. The maximum absolute atomic E-state index is 11.9. The molecule has 0 aliphatic carbocycles. The first-order chi connectivity index (χ1) is 13.1. The minimum Gasteiger partial charge on any atom is -0.496 e. The van der Waals surface area contributed by atoms with Gasteiger partial charge in [-0.1, -0.05) is 24.3 Å². The number of aromatic nitrogens is 2. The second-order valence-electron chi connectivity index (χ2n) is 7.05. The molecular weight excluding hydrogens is 342 g/mol. The number of aryl methyl sites for hydroxylation is 1. The zero-order chi connectivity index (χ0) is 19.0. The predicted octanol–water partition coefficient (Wildman–Crippen LogP) is 2.95. The van der Waals surface area contributed by atoms with Gasteiger partial charge in [0.05, 0.1) is 24.2 Å². The smallest absolute Gasteiger partial charge is 0.308 e. The van der Waals surface area contributed by atoms with Crippen LogP contribution in [0.15, 0.2) is 48.7 Å². The van der Waals surface area contributed by atoms with Gasteiger partial charge in [-0.2, -0.15) is 0 Å². The van der Waals surface area contributed by atoms with Gasteiger partial charge in [-0.3, -0.25) is 9.69 Å². The maximum atomic E-state index is 11.9. The van der Waals surface area contributed by atoms with Gasteiger partial charge >= 0.3 is 5.97 Å². The number of fused-ring (bicyclic) bond motifs is 1. The third kappa shape index (κ3) is 3.17. The zero-order valence-corrected chi connectivity index (χ0v) is 15.5. The fourth-order valence-electron chi connectivity index (χ4n) is 4.15. The van der Waals surface area contributed by atoms with E-state index in [1.165, 1.54) is 0 Å². The van der Waals surface area contributed by atoms with Crippen molar-refractivity contribution in [2.45, 2.75) is 19.4 Å². The molecule has 4 rings (SSSR count). The molecule has 27 heavy (non-hydrogen) atoms. The van der Waals surface area contributed by atoms with Gasteiger partial charge in [-0.25, -0.2) is 4.98 Å². The number of imidazole rings is 1. The van der Waals surface area contributed by atoms with Crippen molar-refractivity contribution in [1.29, 1.82) is 0 Å². The van der Waals surface area contributed by atoms with Crippen LogP contribution < -0.4 is 4.74 Å². The summed E-state index contributed by atoms with van der Waals surface area (Å²) in [4.78, 5) is 18.8. The first-order valence-electron chi connectivity index (χ1n) is 9.09. The Labute approximate surface area is 158 Å². The Morgan fingerprint density at radius 1 is 1.22 bits per heavy atom. The van der Waals surface area contributed by atoms with Crippen molar-refractivity contribution in [1.82, 2.24) is 14.3 Å². The van der Waals surface area contributed by atoms with Crippen molar-refractivity contribution in [2.75, 3.05) is 20.2 Å². The summed E-state index contributed by atoms with van der Waals surface area (Å²) in [6, 6.07) is 13.7. The van der Waals surface area contributed by atoms with E-state index in [0.717, 1.165) is 28.3 Å². The number of hydrogen-bond donors (Lipinski definition) is 1. The number of methoxy groups -OCH3 is 1. The molecule has 1 aliphatic rings. The fraction of sp³-hybridized carbons (Fsp3) is 0.333. The lowest BCUT2D eigenvalue weighted by Gasteiger charge is -2.18. The van der Waals surface area contributed by atoms with E-state index in [9.17, 15) is 9.90 Å². The monoisotopic (exact) mass is 365 g/mol. The molecule has 1 aromatic carbocycles. The molecule has 0 bridgehead atoms. The Bertz CT molecular complexity index is 982. The standard InChI is InChI=1S/C21H23N3O3/c1-14-22-18(19-8-5-6-10-24(14)19)13-23-11-16(17(12-23)21(25)26)15-7-3-4-9-20(15)27-2/h3-10,16-17H,11-13H2,1-2H3,(H,25,26)/t16-,17+/m1/s1. The number of carboxylic acid groups (broad SMARTS) is 1. The van der Waals surface area contributed by atoms with Crippen LogP contribution in [0.4, 0.5) is 0 Å². The summed E-state index contributed by atoms with van der Waals surface area (Å²) in [6.45, 7) is 3.79. The highest BCUT2D eigenvalue weighted by Crippen LogP contribution is 2.38. The number of likely N-dealkylation sites (tertiary alicyclic amines) is 1. The molecule has 6 heteroatoms. The number of benzene rings is 1. The van der Waals surface area contributed by atoms with E-state index in [1.807, 2.05) is 49.5 Å². The average molecular weight is 365 g/mol. The molecule has 0 spiro atoms. The number of rotatable bonds is 5. The molecule has 6 nitrogen and oxygen atoms in total. The summed E-state index contributed by atoms with van der Waals surface area (Å²) in [5, 5.41) is 9.78. The van der Waals surface area contributed by atoms with E-state index in [4.69, 9.17) is 9.72 Å². The zero-order valence-electron chi connectivity index (χ0n) is 15.5. The van der Waals surface area contributed by atoms with Gasteiger partial charge in [0.25, 0.3) is 0 Å². The van der Waals surface area contributed by atoms with Crippen LogP contribution >= 0.6 is 0 Å². The van der Waals surface area contributed by atoms with Crippen molar-refractivity contribution in [3.05, 3.63) is 65.7 Å². The lowest BCUT2D eigenvalue weighted by atomic mass is 9.88. The topological polar surface area (TPSA) is 67.1 Å². The highest BCUT2D eigenvalue weighted by atomic mass is 16.5. The van der Waals surface area contributed by atoms with Gasteiger partial charge < -0.3 is 14.2 Å². The Kier molecular flexibility index (Phi) is 4.58. The van der Waals surface area contributed by atoms with E-state index in [-0.39, 0.29) is 5.92 Å². The van der Waals surface area contributed by atoms with Gasteiger partial charge in [0.2, 0.25) is 0 Å². The normalized spacial score (nSPS) is 20.2. The van der Waals surface area contributed by atoms with Crippen LogP contribution in [0.5, 0.6) is 5.75 Å². The summed E-state index contributed by atoms with van der Waals surface area (Å²) in [7, 11) is 1.63. The second kappa shape index (κ2) is 7.04. The van der Waals surface area contributed by atoms with Crippen LogP contribution in [0.25, 0.3) is 5.52 Å². The second-order valence-corrected chi connectivity index (χ2v) is 7.05. The molecule has 2 atom stereocenters. The minimum absolute atomic E-state index is 0.103. The summed E-state index contributed by atoms with van der Waals surface area (Å²) in [5.74, 6) is 0.360. The minimum atomic E-state index is -0.765. The van der Waals surface area contributed by atoms with E-state index >= 15 is 0 Å². The molecule has 3 aromatic rings. The molecule has 0 radical (unpaired) electrons. The van der Waals surface area contributed by atoms with Gasteiger partial charge in [0.15, 0.2) is 0 Å². The van der Waals surface area contributed by atoms with Gasteiger partial charge in [-0.15, -0.1) is 0 Å². The van der Waals surface area contributed by atoms with Crippen molar-refractivity contribution in [3.8, 4) is 5.75 Å². The van der Waals surface area contributed by atoms with Crippen molar-refractivity contribution < 1.29 is 14.6 Å². The van der Waals surface area contributed by atoms with E-state index in [0.29, 0.717) is 19.6 Å². The Morgan fingerprint density at radius 2 is 2.00 bits per heavy atom. The van der Waals surface area contributed by atoms with E-state index in [1.54, 1.807) is 7.11 Å². The maximum Gasteiger partial charge on any atom is 0.308 e. The molecular formula is C21H23N3O3. The summed E-state index contributed by atoms with van der Waals surface area (Å²) >= 11 is 0. The molecule has 0 saturated carbocycles. The molecule has 1 saturated heterocycles. The third-order valence-corrected chi connectivity index (χ3v) is 5.43. The number of nitrogens with zero attached hydrogens (tertiary/aromatic N) is 3. The summed E-state index contributed by atoms with van der Waals surface area (Å²) in [6.07, 6.45) is 2.00. The number of ether oxygens (including phenoxy) is 1. The van der Waals surface area contributed by atoms with Crippen LogP contribution in [-0.2, 0) is 11.3 Å². The Morgan fingerprint density at radius 3 is 2.78 bits per heavy atom. The average Bonchev–Trinajstić information content (AvgIpc) is 3.24. The van der Waals surface area contributed by atoms with Gasteiger partial charge in [0, 0.05) is 31.7 Å². The molecule has 2 aromatic heterocycles. The highest BCUT2D eigenvalue weighted by molar-refractivity contribution is 5.72. The molecule has 1 N–H and O–H groups in total. The molecule has 1 fully saturated rings. The third-order valence-electron chi connectivity index (χ3n) is 5.43. The van der Waals surface area contributed by atoms with Crippen molar-refractivity contribution in [2.24, 2.45) is 5.92 Å². The van der Waals surface area contributed by atoms with Gasteiger partial charge in [-0.05, 0) is 30.7 Å². The molecule has 0 amide bonds. The van der Waals surface area contributed by atoms with E-state index < -0.39 is 11.9 Å². The Balaban J connectivity index is 1.63. The lowest BCUT2D eigenvalue weighted by Crippen LogP contribution is -2.23. The number of pyridine rings is 1. The predicted molar refractivity (Wildman–Crippen MR) is 102 cm³/mol. The molecule has 140 valence electrons. The summed E-state index contributed by atoms with van der Waals surface area (Å²) < 4.78 is 7.54. The number of carboxylic acids is 1. The highest BCUT2D eigenvalue weighted by Gasteiger charge is 2.40.